The lowest BCUT2D eigenvalue weighted by Gasteiger charge is -2.18. The molecule has 4 aromatic carbocycles. The summed E-state index contributed by atoms with van der Waals surface area (Å²) in [6.07, 6.45) is 0. The van der Waals surface area contributed by atoms with Crippen molar-refractivity contribution < 1.29 is 9.18 Å². The second kappa shape index (κ2) is 9.95. The molecular formula is C30H26FN3O. The Morgan fingerprint density at radius 3 is 2.14 bits per heavy atom. The highest BCUT2D eigenvalue weighted by atomic mass is 19.1. The highest BCUT2D eigenvalue weighted by Crippen LogP contribution is 2.37. The van der Waals surface area contributed by atoms with Crippen LogP contribution in [0.5, 0.6) is 0 Å². The Labute approximate surface area is 204 Å². The number of hydrogen-bond donors (Lipinski definition) is 2. The molecule has 2 N–H and O–H groups in total. The molecule has 1 aliphatic rings. The van der Waals surface area contributed by atoms with E-state index in [1.165, 1.54) is 23.3 Å². The SMILES string of the molecule is CN(Cc1ccccc1)Cc1ccc(N/C(=C2\C(=O)Nc3cc(F)ccc32)c2ccccc2)cc1. The molecule has 1 amide bonds. The zero-order valence-corrected chi connectivity index (χ0v) is 19.5. The van der Waals surface area contributed by atoms with Crippen molar-refractivity contribution >= 4 is 28.6 Å². The number of nitrogens with one attached hydrogen (secondary N) is 2. The van der Waals surface area contributed by atoms with Crippen molar-refractivity contribution in [1.29, 1.82) is 0 Å². The van der Waals surface area contributed by atoms with Gasteiger partial charge in [0.15, 0.2) is 0 Å². The van der Waals surface area contributed by atoms with Crippen LogP contribution in [0.15, 0.2) is 103 Å². The Bertz CT molecular complexity index is 1370. The summed E-state index contributed by atoms with van der Waals surface area (Å²) in [5, 5.41) is 6.25. The number of fused-ring (bicyclic) bond motifs is 1. The van der Waals surface area contributed by atoms with E-state index in [1.54, 1.807) is 6.07 Å². The Morgan fingerprint density at radius 2 is 1.46 bits per heavy atom. The lowest BCUT2D eigenvalue weighted by molar-refractivity contribution is -0.110. The maximum Gasteiger partial charge on any atom is 0.258 e. The van der Waals surface area contributed by atoms with Crippen molar-refractivity contribution in [2.75, 3.05) is 17.7 Å². The van der Waals surface area contributed by atoms with E-state index in [0.717, 1.165) is 24.3 Å². The monoisotopic (exact) mass is 463 g/mol. The molecule has 0 aliphatic carbocycles. The zero-order valence-electron chi connectivity index (χ0n) is 19.5. The number of amides is 1. The van der Waals surface area contributed by atoms with Crippen molar-refractivity contribution in [3.8, 4) is 0 Å². The largest absolute Gasteiger partial charge is 0.354 e. The lowest BCUT2D eigenvalue weighted by atomic mass is 10.00. The van der Waals surface area contributed by atoms with Crippen LogP contribution in [-0.4, -0.2) is 17.9 Å². The Balaban J connectivity index is 1.40. The van der Waals surface area contributed by atoms with Crippen molar-refractivity contribution in [1.82, 2.24) is 4.90 Å². The van der Waals surface area contributed by atoms with Crippen molar-refractivity contribution in [2.45, 2.75) is 13.1 Å². The maximum absolute atomic E-state index is 13.8. The van der Waals surface area contributed by atoms with Crippen LogP contribution in [0.3, 0.4) is 0 Å². The molecule has 0 radical (unpaired) electrons. The molecule has 1 heterocycles. The van der Waals surface area contributed by atoms with Gasteiger partial charge in [0.2, 0.25) is 0 Å². The minimum Gasteiger partial charge on any atom is -0.354 e. The molecule has 0 bridgehead atoms. The van der Waals surface area contributed by atoms with E-state index in [1.807, 2.05) is 48.5 Å². The molecule has 0 saturated heterocycles. The van der Waals surface area contributed by atoms with Crippen LogP contribution in [0.25, 0.3) is 11.3 Å². The van der Waals surface area contributed by atoms with E-state index in [2.05, 4.69) is 59.0 Å². The fraction of sp³-hybridized carbons (Fsp3) is 0.100. The topological polar surface area (TPSA) is 44.4 Å². The Kier molecular flexibility index (Phi) is 6.42. The standard InChI is InChI=1S/C30H26FN3O/c1-34(19-21-8-4-2-5-9-21)20-22-12-15-25(16-13-22)32-29(23-10-6-3-7-11-23)28-26-17-14-24(31)18-27(26)33-30(28)35/h2-18,32H,19-20H2,1H3,(H,33,35)/b29-28-. The number of carbonyl (C=O) groups is 1. The third-order valence-electron chi connectivity index (χ3n) is 6.01. The van der Waals surface area contributed by atoms with Crippen molar-refractivity contribution in [2.24, 2.45) is 0 Å². The van der Waals surface area contributed by atoms with Crippen LogP contribution in [0.1, 0.15) is 22.3 Å². The average molecular weight is 464 g/mol. The molecular weight excluding hydrogens is 437 g/mol. The van der Waals surface area contributed by atoms with E-state index in [4.69, 9.17) is 0 Å². The van der Waals surface area contributed by atoms with Crippen LogP contribution in [-0.2, 0) is 17.9 Å². The minimum absolute atomic E-state index is 0.254. The van der Waals surface area contributed by atoms with Crippen molar-refractivity contribution in [3.05, 3.63) is 131 Å². The molecule has 1 aliphatic heterocycles. The van der Waals surface area contributed by atoms with Gasteiger partial charge in [0, 0.05) is 24.3 Å². The predicted molar refractivity (Wildman–Crippen MR) is 140 cm³/mol. The van der Waals surface area contributed by atoms with Gasteiger partial charge >= 0.3 is 0 Å². The number of halogens is 1. The van der Waals surface area contributed by atoms with E-state index >= 15 is 0 Å². The van der Waals surface area contributed by atoms with Crippen LogP contribution in [0.2, 0.25) is 0 Å². The number of rotatable bonds is 7. The molecule has 5 rings (SSSR count). The van der Waals surface area contributed by atoms with Gasteiger partial charge in [-0.25, -0.2) is 4.39 Å². The molecule has 35 heavy (non-hydrogen) atoms. The molecule has 0 saturated carbocycles. The van der Waals surface area contributed by atoms with E-state index < -0.39 is 0 Å². The number of nitrogens with zero attached hydrogens (tertiary/aromatic N) is 1. The first kappa shape index (κ1) is 22.6. The van der Waals surface area contributed by atoms with Gasteiger partial charge in [-0.15, -0.1) is 0 Å². The quantitative estimate of drug-likeness (QED) is 0.312. The fourth-order valence-corrected chi connectivity index (χ4v) is 4.38. The average Bonchev–Trinajstić information content (AvgIpc) is 3.19. The van der Waals surface area contributed by atoms with Gasteiger partial charge in [-0.05, 0) is 54.1 Å². The molecule has 4 aromatic rings. The summed E-state index contributed by atoms with van der Waals surface area (Å²) in [5.74, 6) is -0.636. The van der Waals surface area contributed by atoms with Gasteiger partial charge in [0.1, 0.15) is 5.82 Å². The van der Waals surface area contributed by atoms with Gasteiger partial charge in [0.05, 0.1) is 17.0 Å². The third kappa shape index (κ3) is 5.15. The third-order valence-corrected chi connectivity index (χ3v) is 6.01. The molecule has 0 fully saturated rings. The van der Waals surface area contributed by atoms with Gasteiger partial charge in [-0.3, -0.25) is 9.69 Å². The molecule has 174 valence electrons. The van der Waals surface area contributed by atoms with E-state index in [9.17, 15) is 9.18 Å². The Morgan fingerprint density at radius 1 is 0.829 bits per heavy atom. The smallest absolute Gasteiger partial charge is 0.258 e. The van der Waals surface area contributed by atoms with Crippen LogP contribution in [0.4, 0.5) is 15.8 Å². The van der Waals surface area contributed by atoms with Gasteiger partial charge in [-0.1, -0.05) is 72.8 Å². The number of benzene rings is 4. The van der Waals surface area contributed by atoms with Crippen LogP contribution >= 0.6 is 0 Å². The summed E-state index contributed by atoms with van der Waals surface area (Å²) < 4.78 is 13.8. The summed E-state index contributed by atoms with van der Waals surface area (Å²) >= 11 is 0. The first-order valence-electron chi connectivity index (χ1n) is 11.6. The lowest BCUT2D eigenvalue weighted by Crippen LogP contribution is -2.17. The summed E-state index contributed by atoms with van der Waals surface area (Å²) in [4.78, 5) is 15.2. The number of hydrogen-bond acceptors (Lipinski definition) is 3. The molecule has 5 heteroatoms. The van der Waals surface area contributed by atoms with Crippen molar-refractivity contribution in [3.63, 3.8) is 0 Å². The first-order valence-corrected chi connectivity index (χ1v) is 11.6. The van der Waals surface area contributed by atoms with Crippen LogP contribution in [0, 0.1) is 5.82 Å². The molecule has 0 unspecified atom stereocenters. The number of carbonyl (C=O) groups excluding carboxylic acids is 1. The summed E-state index contributed by atoms with van der Waals surface area (Å²) in [6, 6.07) is 32.7. The predicted octanol–water partition coefficient (Wildman–Crippen LogP) is 6.39. The molecule has 0 aromatic heterocycles. The summed E-state index contributed by atoms with van der Waals surface area (Å²) in [5.41, 5.74) is 6.57. The molecule has 4 nitrogen and oxygen atoms in total. The summed E-state index contributed by atoms with van der Waals surface area (Å²) in [6.45, 7) is 1.70. The van der Waals surface area contributed by atoms with E-state index in [-0.39, 0.29) is 11.7 Å². The Hall–Kier alpha value is -4.22. The highest BCUT2D eigenvalue weighted by molar-refractivity contribution is 6.37. The molecule has 0 atom stereocenters. The first-order chi connectivity index (χ1) is 17.1. The summed E-state index contributed by atoms with van der Waals surface area (Å²) in [7, 11) is 2.11. The normalized spacial score (nSPS) is 14.0. The highest BCUT2D eigenvalue weighted by Gasteiger charge is 2.28. The fourth-order valence-electron chi connectivity index (χ4n) is 4.38. The minimum atomic E-state index is -0.382. The number of anilines is 2. The zero-order chi connectivity index (χ0) is 24.2. The molecule has 0 spiro atoms. The van der Waals surface area contributed by atoms with Gasteiger partial charge in [-0.2, -0.15) is 0 Å². The van der Waals surface area contributed by atoms with Gasteiger partial charge < -0.3 is 10.6 Å². The van der Waals surface area contributed by atoms with Gasteiger partial charge in [0.25, 0.3) is 5.91 Å². The van der Waals surface area contributed by atoms with E-state index in [0.29, 0.717) is 22.5 Å². The second-order valence-electron chi connectivity index (χ2n) is 8.74. The second-order valence-corrected chi connectivity index (χ2v) is 8.74. The van der Waals surface area contributed by atoms with Crippen LogP contribution < -0.4 is 10.6 Å². The maximum atomic E-state index is 13.8.